The largest absolute Gasteiger partial charge is 0.352 e. The molecule has 0 fully saturated rings. The van der Waals surface area contributed by atoms with Crippen molar-refractivity contribution in [3.8, 4) is 0 Å². The summed E-state index contributed by atoms with van der Waals surface area (Å²) in [7, 11) is -0.822. The van der Waals surface area contributed by atoms with Crippen molar-refractivity contribution >= 4 is 15.9 Å². The summed E-state index contributed by atoms with van der Waals surface area (Å²) < 4.78 is 26.5. The minimum Gasteiger partial charge on any atom is -0.352 e. The molecule has 1 atom stereocenters. The van der Waals surface area contributed by atoms with Crippen LogP contribution in [-0.4, -0.2) is 43.3 Å². The molecule has 1 N–H and O–H groups in total. The number of pyridine rings is 1. The van der Waals surface area contributed by atoms with Gasteiger partial charge in [-0.15, -0.1) is 0 Å². The molecule has 0 aliphatic rings. The molecule has 0 unspecified atom stereocenters. The fourth-order valence-electron chi connectivity index (χ4n) is 2.42. The molecule has 0 spiro atoms. The average molecular weight is 372 g/mol. The van der Waals surface area contributed by atoms with Crippen molar-refractivity contribution < 1.29 is 13.2 Å². The van der Waals surface area contributed by atoms with Gasteiger partial charge in [-0.2, -0.15) is 0 Å². The molecule has 8 heteroatoms. The first-order chi connectivity index (χ1) is 11.7. The Labute approximate surface area is 150 Å². The van der Waals surface area contributed by atoms with Crippen LogP contribution in [0.4, 0.5) is 0 Å². The Morgan fingerprint density at radius 1 is 1.24 bits per heavy atom. The number of aromatic nitrogens is 1. The Bertz CT molecular complexity index is 726. The highest BCUT2D eigenvalue weighted by molar-refractivity contribution is 7.89. The van der Waals surface area contributed by atoms with E-state index in [0.717, 1.165) is 40.6 Å². The maximum atomic E-state index is 12.1. The number of carbonyl (C=O) groups excluding carboxylic acids is 1. The van der Waals surface area contributed by atoms with Crippen LogP contribution in [0, 0.1) is 0 Å². The molecule has 25 heavy (non-hydrogen) atoms. The molecule has 0 bridgehead atoms. The zero-order chi connectivity index (χ0) is 19.0. The van der Waals surface area contributed by atoms with Crippen LogP contribution in [0.15, 0.2) is 28.0 Å². The lowest BCUT2D eigenvalue weighted by atomic mass is 10.1. The number of nitrogens with zero attached hydrogens (tertiary/aromatic N) is 2. The molecule has 1 amide bonds. The number of nitrogens with one attached hydrogen (secondary N) is 1. The van der Waals surface area contributed by atoms with E-state index in [9.17, 15) is 18.0 Å². The molecule has 1 aromatic heterocycles. The average Bonchev–Trinajstić information content (AvgIpc) is 2.53. The number of hydrogen-bond donors (Lipinski definition) is 1. The second-order valence-electron chi connectivity index (χ2n) is 6.44. The second-order valence-corrected chi connectivity index (χ2v) is 8.59. The van der Waals surface area contributed by atoms with Crippen LogP contribution in [0.3, 0.4) is 0 Å². The SMILES string of the molecule is CCCCCC[C@H](C)NC(=O)Cn1cc(S(=O)(=O)N(C)C)ccc1=O. The zero-order valence-corrected chi connectivity index (χ0v) is 16.3. The number of rotatable bonds is 10. The van der Waals surface area contributed by atoms with Crippen molar-refractivity contribution in [2.45, 2.75) is 63.4 Å². The summed E-state index contributed by atoms with van der Waals surface area (Å²) in [5.41, 5.74) is -0.413. The van der Waals surface area contributed by atoms with E-state index in [-0.39, 0.29) is 23.4 Å². The van der Waals surface area contributed by atoms with Crippen molar-refractivity contribution in [3.05, 3.63) is 28.7 Å². The summed E-state index contributed by atoms with van der Waals surface area (Å²) in [5.74, 6) is -0.301. The van der Waals surface area contributed by atoms with Gasteiger partial charge in [0, 0.05) is 32.4 Å². The summed E-state index contributed by atoms with van der Waals surface area (Å²) in [6, 6.07) is 2.44. The van der Waals surface area contributed by atoms with Gasteiger partial charge in [-0.1, -0.05) is 32.6 Å². The van der Waals surface area contributed by atoms with E-state index in [1.165, 1.54) is 32.8 Å². The van der Waals surface area contributed by atoms with Crippen molar-refractivity contribution in [1.29, 1.82) is 0 Å². The Morgan fingerprint density at radius 2 is 1.92 bits per heavy atom. The Morgan fingerprint density at radius 3 is 2.52 bits per heavy atom. The quantitative estimate of drug-likeness (QED) is 0.632. The van der Waals surface area contributed by atoms with Crippen molar-refractivity contribution in [3.63, 3.8) is 0 Å². The highest BCUT2D eigenvalue weighted by Crippen LogP contribution is 2.10. The Kier molecular flexibility index (Phi) is 8.31. The van der Waals surface area contributed by atoms with Crippen LogP contribution in [0.25, 0.3) is 0 Å². The van der Waals surface area contributed by atoms with Crippen LogP contribution >= 0.6 is 0 Å². The molecule has 0 saturated heterocycles. The molecule has 142 valence electrons. The molecule has 0 aromatic carbocycles. The van der Waals surface area contributed by atoms with E-state index in [2.05, 4.69) is 12.2 Å². The van der Waals surface area contributed by atoms with Crippen LogP contribution in [-0.2, 0) is 21.4 Å². The van der Waals surface area contributed by atoms with Gasteiger partial charge in [0.25, 0.3) is 5.56 Å². The highest BCUT2D eigenvalue weighted by atomic mass is 32.2. The number of amides is 1. The minimum atomic E-state index is -3.65. The number of carbonyl (C=O) groups is 1. The minimum absolute atomic E-state index is 0.0162. The first kappa shape index (κ1) is 21.4. The third-order valence-electron chi connectivity index (χ3n) is 3.95. The number of hydrogen-bond acceptors (Lipinski definition) is 4. The standard InChI is InChI=1S/C17H29N3O4S/c1-5-6-7-8-9-14(2)18-16(21)13-20-12-15(10-11-17(20)22)25(23,24)19(3)4/h10-12,14H,5-9,13H2,1-4H3,(H,18,21)/t14-/m0/s1. The van der Waals surface area contributed by atoms with E-state index in [1.54, 1.807) is 0 Å². The molecule has 1 rings (SSSR count). The van der Waals surface area contributed by atoms with Gasteiger partial charge in [0.2, 0.25) is 15.9 Å². The lowest BCUT2D eigenvalue weighted by molar-refractivity contribution is -0.122. The monoisotopic (exact) mass is 371 g/mol. The van der Waals surface area contributed by atoms with Gasteiger partial charge >= 0.3 is 0 Å². The first-order valence-electron chi connectivity index (χ1n) is 8.61. The van der Waals surface area contributed by atoms with Crippen molar-refractivity contribution in [1.82, 2.24) is 14.2 Å². The van der Waals surface area contributed by atoms with E-state index in [4.69, 9.17) is 0 Å². The summed E-state index contributed by atoms with van der Waals surface area (Å²) in [4.78, 5) is 24.0. The van der Waals surface area contributed by atoms with Gasteiger partial charge in [-0.05, 0) is 19.4 Å². The highest BCUT2D eigenvalue weighted by Gasteiger charge is 2.19. The van der Waals surface area contributed by atoms with Crippen LogP contribution in [0.2, 0.25) is 0 Å². The lowest BCUT2D eigenvalue weighted by Gasteiger charge is -2.15. The number of unbranched alkanes of at least 4 members (excludes halogenated alkanes) is 3. The van der Waals surface area contributed by atoms with E-state index in [0.29, 0.717) is 0 Å². The smallest absolute Gasteiger partial charge is 0.251 e. The molecule has 1 heterocycles. The maximum absolute atomic E-state index is 12.1. The predicted octanol–water partition coefficient (Wildman–Crippen LogP) is 1.57. The molecular formula is C17H29N3O4S. The Balaban J connectivity index is 2.73. The number of sulfonamides is 1. The Hall–Kier alpha value is -1.67. The van der Waals surface area contributed by atoms with E-state index in [1.807, 2.05) is 6.92 Å². The summed E-state index contributed by atoms with van der Waals surface area (Å²) in [6.45, 7) is 3.88. The summed E-state index contributed by atoms with van der Waals surface area (Å²) in [5, 5.41) is 2.85. The molecular weight excluding hydrogens is 342 g/mol. The topological polar surface area (TPSA) is 88.5 Å². The second kappa shape index (κ2) is 9.72. The van der Waals surface area contributed by atoms with E-state index < -0.39 is 15.6 Å². The van der Waals surface area contributed by atoms with Crippen LogP contribution in [0.5, 0.6) is 0 Å². The van der Waals surface area contributed by atoms with Crippen LogP contribution < -0.4 is 10.9 Å². The van der Waals surface area contributed by atoms with Gasteiger partial charge in [0.05, 0.1) is 4.90 Å². The van der Waals surface area contributed by atoms with Crippen molar-refractivity contribution in [2.75, 3.05) is 14.1 Å². The summed E-state index contributed by atoms with van der Waals surface area (Å²) >= 11 is 0. The normalized spacial score (nSPS) is 13.0. The van der Waals surface area contributed by atoms with Gasteiger partial charge in [0.1, 0.15) is 6.54 Å². The lowest BCUT2D eigenvalue weighted by Crippen LogP contribution is -2.37. The van der Waals surface area contributed by atoms with Gasteiger partial charge in [0.15, 0.2) is 0 Å². The molecule has 0 radical (unpaired) electrons. The van der Waals surface area contributed by atoms with Gasteiger partial charge in [-0.25, -0.2) is 12.7 Å². The molecule has 0 aliphatic heterocycles. The zero-order valence-electron chi connectivity index (χ0n) is 15.5. The van der Waals surface area contributed by atoms with E-state index >= 15 is 0 Å². The summed E-state index contributed by atoms with van der Waals surface area (Å²) in [6.07, 6.45) is 6.63. The van der Waals surface area contributed by atoms with Crippen molar-refractivity contribution in [2.24, 2.45) is 0 Å². The molecule has 1 aromatic rings. The maximum Gasteiger partial charge on any atom is 0.251 e. The molecule has 7 nitrogen and oxygen atoms in total. The fraction of sp³-hybridized carbons (Fsp3) is 0.647. The molecule has 0 saturated carbocycles. The van der Waals surface area contributed by atoms with Gasteiger partial charge < -0.3 is 9.88 Å². The third-order valence-corrected chi connectivity index (χ3v) is 5.75. The third kappa shape index (κ3) is 6.62. The van der Waals surface area contributed by atoms with Crippen LogP contribution in [0.1, 0.15) is 46.0 Å². The predicted molar refractivity (Wildman–Crippen MR) is 97.9 cm³/mol. The van der Waals surface area contributed by atoms with Gasteiger partial charge in [-0.3, -0.25) is 9.59 Å². The molecule has 0 aliphatic carbocycles. The first-order valence-corrected chi connectivity index (χ1v) is 10.0. The fourth-order valence-corrected chi connectivity index (χ4v) is 3.34.